The summed E-state index contributed by atoms with van der Waals surface area (Å²) in [4.78, 5) is 16.0. The number of aryl methyl sites for hydroxylation is 2. The molecule has 1 fully saturated rings. The van der Waals surface area contributed by atoms with Crippen molar-refractivity contribution in [3.05, 3.63) is 29.3 Å². The van der Waals surface area contributed by atoms with E-state index in [0.717, 1.165) is 30.4 Å². The van der Waals surface area contributed by atoms with E-state index in [1.807, 2.05) is 7.05 Å². The molecule has 1 aliphatic rings. The van der Waals surface area contributed by atoms with Gasteiger partial charge in [-0.05, 0) is 38.3 Å². The largest absolute Gasteiger partial charge is 0.357 e. The number of benzene rings is 1. The van der Waals surface area contributed by atoms with E-state index in [2.05, 4.69) is 52.2 Å². The van der Waals surface area contributed by atoms with Crippen LogP contribution >= 0.6 is 0 Å². The summed E-state index contributed by atoms with van der Waals surface area (Å²) in [5.74, 6) is 2.16. The minimum atomic E-state index is 0.628. The number of rotatable bonds is 3. The maximum Gasteiger partial charge on any atom is 0.230 e. The van der Waals surface area contributed by atoms with Crippen LogP contribution in [0.25, 0.3) is 11.4 Å². The lowest BCUT2D eigenvalue weighted by atomic mass is 10.1. The zero-order valence-electron chi connectivity index (χ0n) is 12.8. The van der Waals surface area contributed by atoms with Crippen LogP contribution in [0.1, 0.15) is 24.0 Å². The van der Waals surface area contributed by atoms with E-state index < -0.39 is 0 Å². The molecule has 0 amide bonds. The first-order valence-corrected chi connectivity index (χ1v) is 7.44. The summed E-state index contributed by atoms with van der Waals surface area (Å²) in [6, 6.07) is 6.36. The van der Waals surface area contributed by atoms with E-state index in [1.165, 1.54) is 24.0 Å². The van der Waals surface area contributed by atoms with Gasteiger partial charge >= 0.3 is 0 Å². The average molecular weight is 283 g/mol. The second kappa shape index (κ2) is 5.68. The van der Waals surface area contributed by atoms with Crippen LogP contribution in [0.2, 0.25) is 0 Å². The number of aromatic nitrogens is 3. The van der Waals surface area contributed by atoms with E-state index in [9.17, 15) is 0 Å². The molecule has 21 heavy (non-hydrogen) atoms. The molecular weight excluding hydrogens is 262 g/mol. The molecule has 3 rings (SSSR count). The molecule has 0 atom stereocenters. The van der Waals surface area contributed by atoms with Crippen LogP contribution < -0.4 is 10.2 Å². The third-order valence-corrected chi connectivity index (χ3v) is 3.87. The lowest BCUT2D eigenvalue weighted by molar-refractivity contribution is 0.884. The molecular formula is C16H21N5. The maximum absolute atomic E-state index is 4.70. The highest BCUT2D eigenvalue weighted by Crippen LogP contribution is 2.25. The van der Waals surface area contributed by atoms with Gasteiger partial charge in [-0.3, -0.25) is 0 Å². The summed E-state index contributed by atoms with van der Waals surface area (Å²) in [6.45, 7) is 6.23. The minimum absolute atomic E-state index is 0.628. The molecule has 2 heterocycles. The fourth-order valence-corrected chi connectivity index (χ4v) is 2.63. The monoisotopic (exact) mass is 283 g/mol. The van der Waals surface area contributed by atoms with E-state index in [0.29, 0.717) is 5.95 Å². The van der Waals surface area contributed by atoms with E-state index in [1.54, 1.807) is 0 Å². The van der Waals surface area contributed by atoms with E-state index in [4.69, 9.17) is 4.98 Å². The average Bonchev–Trinajstić information content (AvgIpc) is 3.03. The Labute approximate surface area is 125 Å². The normalized spacial score (nSPS) is 14.5. The maximum atomic E-state index is 4.70. The molecule has 0 radical (unpaired) electrons. The van der Waals surface area contributed by atoms with Crippen LogP contribution in [0.15, 0.2) is 18.2 Å². The van der Waals surface area contributed by atoms with Crippen molar-refractivity contribution in [1.29, 1.82) is 0 Å². The Morgan fingerprint density at radius 2 is 1.81 bits per heavy atom. The summed E-state index contributed by atoms with van der Waals surface area (Å²) in [6.07, 6.45) is 2.42. The predicted octanol–water partition coefficient (Wildman–Crippen LogP) is 2.80. The van der Waals surface area contributed by atoms with Gasteiger partial charge in [0.15, 0.2) is 5.82 Å². The SMILES string of the molecule is CNc1nc(-c2cc(C)ccc2C)nc(N2CCCC2)n1. The first-order valence-electron chi connectivity index (χ1n) is 7.44. The lowest BCUT2D eigenvalue weighted by Gasteiger charge is -2.17. The Kier molecular flexibility index (Phi) is 3.73. The topological polar surface area (TPSA) is 53.9 Å². The molecule has 1 N–H and O–H groups in total. The van der Waals surface area contributed by atoms with Crippen molar-refractivity contribution >= 4 is 11.9 Å². The van der Waals surface area contributed by atoms with Gasteiger partial charge in [-0.25, -0.2) is 0 Å². The number of anilines is 2. The van der Waals surface area contributed by atoms with Crippen molar-refractivity contribution < 1.29 is 0 Å². The first kappa shape index (κ1) is 13.8. The summed E-state index contributed by atoms with van der Waals surface area (Å²) in [7, 11) is 1.84. The van der Waals surface area contributed by atoms with Gasteiger partial charge in [0.1, 0.15) is 0 Å². The van der Waals surface area contributed by atoms with Gasteiger partial charge in [0, 0.05) is 25.7 Å². The summed E-state index contributed by atoms with van der Waals surface area (Å²) < 4.78 is 0. The fourth-order valence-electron chi connectivity index (χ4n) is 2.63. The Morgan fingerprint density at radius 1 is 1.05 bits per heavy atom. The highest BCUT2D eigenvalue weighted by atomic mass is 15.3. The van der Waals surface area contributed by atoms with Crippen LogP contribution in [-0.2, 0) is 0 Å². The molecule has 0 spiro atoms. The molecule has 0 aliphatic carbocycles. The van der Waals surface area contributed by atoms with Gasteiger partial charge in [0.05, 0.1) is 0 Å². The third kappa shape index (κ3) is 2.82. The van der Waals surface area contributed by atoms with Crippen molar-refractivity contribution in [3.8, 4) is 11.4 Å². The van der Waals surface area contributed by atoms with Gasteiger partial charge in [-0.1, -0.05) is 17.7 Å². The Morgan fingerprint density at radius 3 is 2.52 bits per heavy atom. The zero-order chi connectivity index (χ0) is 14.8. The second-order valence-electron chi connectivity index (χ2n) is 5.55. The van der Waals surface area contributed by atoms with Crippen molar-refractivity contribution in [2.24, 2.45) is 0 Å². The highest BCUT2D eigenvalue weighted by Gasteiger charge is 2.18. The second-order valence-corrected chi connectivity index (χ2v) is 5.55. The minimum Gasteiger partial charge on any atom is -0.357 e. The van der Waals surface area contributed by atoms with Crippen LogP contribution in [0, 0.1) is 13.8 Å². The summed E-state index contributed by atoms with van der Waals surface area (Å²) in [5.41, 5.74) is 3.47. The molecule has 110 valence electrons. The highest BCUT2D eigenvalue weighted by molar-refractivity contribution is 5.63. The molecule has 5 heteroatoms. The van der Waals surface area contributed by atoms with E-state index in [-0.39, 0.29) is 0 Å². The Hall–Kier alpha value is -2.17. The number of hydrogen-bond donors (Lipinski definition) is 1. The molecule has 1 saturated heterocycles. The summed E-state index contributed by atoms with van der Waals surface area (Å²) >= 11 is 0. The third-order valence-electron chi connectivity index (χ3n) is 3.87. The van der Waals surface area contributed by atoms with Gasteiger partial charge in [-0.2, -0.15) is 15.0 Å². The van der Waals surface area contributed by atoms with Crippen LogP contribution in [0.4, 0.5) is 11.9 Å². The number of hydrogen-bond acceptors (Lipinski definition) is 5. The number of nitrogens with one attached hydrogen (secondary N) is 1. The molecule has 0 bridgehead atoms. The van der Waals surface area contributed by atoms with Crippen molar-refractivity contribution in [3.63, 3.8) is 0 Å². The Bertz CT molecular complexity index is 647. The van der Waals surface area contributed by atoms with Crippen molar-refractivity contribution in [2.75, 3.05) is 30.4 Å². The van der Waals surface area contributed by atoms with Gasteiger partial charge in [-0.15, -0.1) is 0 Å². The Balaban J connectivity index is 2.08. The van der Waals surface area contributed by atoms with Gasteiger partial charge in [0.2, 0.25) is 11.9 Å². The quantitative estimate of drug-likeness (QED) is 0.938. The molecule has 0 saturated carbocycles. The van der Waals surface area contributed by atoms with Gasteiger partial charge in [0.25, 0.3) is 0 Å². The fraction of sp³-hybridized carbons (Fsp3) is 0.438. The standard InChI is InChI=1S/C16H21N5/c1-11-6-7-12(2)13(10-11)14-18-15(17-3)20-16(19-14)21-8-4-5-9-21/h6-7,10H,4-5,8-9H2,1-3H3,(H,17,18,19,20). The first-order chi connectivity index (χ1) is 10.2. The van der Waals surface area contributed by atoms with E-state index >= 15 is 0 Å². The van der Waals surface area contributed by atoms with Crippen LogP contribution in [0.5, 0.6) is 0 Å². The summed E-state index contributed by atoms with van der Waals surface area (Å²) in [5, 5.41) is 3.05. The molecule has 0 unspecified atom stereocenters. The molecule has 2 aromatic rings. The molecule has 5 nitrogen and oxygen atoms in total. The molecule has 1 aliphatic heterocycles. The smallest absolute Gasteiger partial charge is 0.230 e. The van der Waals surface area contributed by atoms with Crippen molar-refractivity contribution in [1.82, 2.24) is 15.0 Å². The number of nitrogens with zero attached hydrogens (tertiary/aromatic N) is 4. The van der Waals surface area contributed by atoms with Gasteiger partial charge < -0.3 is 10.2 Å². The van der Waals surface area contributed by atoms with Crippen molar-refractivity contribution in [2.45, 2.75) is 26.7 Å². The molecule has 1 aromatic carbocycles. The van der Waals surface area contributed by atoms with Crippen LogP contribution in [0.3, 0.4) is 0 Å². The van der Waals surface area contributed by atoms with Crippen LogP contribution in [-0.4, -0.2) is 35.1 Å². The predicted molar refractivity (Wildman–Crippen MR) is 85.7 cm³/mol. The lowest BCUT2D eigenvalue weighted by Crippen LogP contribution is -2.21. The zero-order valence-corrected chi connectivity index (χ0v) is 12.8. The molecule has 1 aromatic heterocycles.